The summed E-state index contributed by atoms with van der Waals surface area (Å²) < 4.78 is 61.9. The Bertz CT molecular complexity index is 6000. The average Bonchev–Trinajstić information content (AvgIpc) is 1.31. The van der Waals surface area contributed by atoms with E-state index in [1.54, 1.807) is 12.1 Å². The summed E-state index contributed by atoms with van der Waals surface area (Å²) in [6.45, 7) is 0. The lowest BCUT2D eigenvalue weighted by atomic mass is 9.85. The summed E-state index contributed by atoms with van der Waals surface area (Å²) in [5, 5.41) is 50.6. The van der Waals surface area contributed by atoms with E-state index < -0.39 is 20.8 Å². The van der Waals surface area contributed by atoms with Gasteiger partial charge >= 0.3 is 20.8 Å². The van der Waals surface area contributed by atoms with E-state index in [0.717, 1.165) is 54.6 Å². The van der Waals surface area contributed by atoms with Gasteiger partial charge in [0.05, 0.1) is 0 Å². The number of hydrogen-bond acceptors (Lipinski definition) is 11. The normalized spacial score (nSPS) is 14.7. The van der Waals surface area contributed by atoms with Crippen LogP contribution in [0.3, 0.4) is 0 Å². The molecule has 0 saturated carbocycles. The zero-order valence-corrected chi connectivity index (χ0v) is 61.5. The van der Waals surface area contributed by atoms with Crippen molar-refractivity contribution >= 4 is 97.7 Å². The average molecular weight is 1540 g/mol. The number of aromatic hydroxyl groups is 4. The smallest absolute Gasteiger partial charge is 0.507 e. The molecule has 2 heterocycles. The first-order valence-corrected chi connectivity index (χ1v) is 41.0. The fourth-order valence-corrected chi connectivity index (χ4v) is 16.2. The van der Waals surface area contributed by atoms with E-state index in [9.17, 15) is 43.9 Å². The van der Waals surface area contributed by atoms with Gasteiger partial charge in [-0.05, 0) is 123 Å². The molecule has 0 spiro atoms. The second-order valence-corrected chi connectivity index (χ2v) is 34.6. The highest BCUT2D eigenvalue weighted by Crippen LogP contribution is 2.65. The van der Waals surface area contributed by atoms with Crippen LogP contribution in [0.4, 0.5) is 0 Å². The quantitative estimate of drug-likeness (QED) is 0.0777. The van der Waals surface area contributed by atoms with Crippen LogP contribution in [0.15, 0.2) is 315 Å². The molecular formula is C88H60Cl3O14P3. The minimum atomic E-state index is -4.85. The van der Waals surface area contributed by atoms with Crippen molar-refractivity contribution in [2.75, 3.05) is 0 Å². The monoisotopic (exact) mass is 1540 g/mol. The molecule has 108 heavy (non-hydrogen) atoms. The fourth-order valence-electron chi connectivity index (χ4n) is 14.4. The summed E-state index contributed by atoms with van der Waals surface area (Å²) in [5.74, 6) is 0.444. The van der Waals surface area contributed by atoms with Crippen molar-refractivity contribution < 1.29 is 67.5 Å². The maximum Gasteiger partial charge on any atom is 0.584 e. The van der Waals surface area contributed by atoms with Gasteiger partial charge in [0.2, 0.25) is 0 Å². The number of rotatable bonds is 8. The molecule has 0 aromatic heterocycles. The Morgan fingerprint density at radius 2 is 0.481 bits per heavy atom. The van der Waals surface area contributed by atoms with E-state index in [1.807, 2.05) is 303 Å². The fraction of sp³-hybridized carbons (Fsp3) is 0. The Balaban J connectivity index is 0.000000162. The molecule has 0 saturated heterocycles. The van der Waals surface area contributed by atoms with Gasteiger partial charge in [0.15, 0.2) is 0 Å². The first kappa shape index (κ1) is 72.0. The van der Waals surface area contributed by atoms with Crippen LogP contribution in [0.5, 0.6) is 46.0 Å². The van der Waals surface area contributed by atoms with E-state index >= 15 is 0 Å². The van der Waals surface area contributed by atoms with Gasteiger partial charge in [-0.15, -0.1) is 0 Å². The molecule has 2 aliphatic heterocycles. The molecule has 2 unspecified atom stereocenters. The molecule has 0 amide bonds. The highest BCUT2D eigenvalue weighted by Gasteiger charge is 2.41. The minimum Gasteiger partial charge on any atom is -0.507 e. The lowest BCUT2D eigenvalue weighted by Gasteiger charge is -2.22. The van der Waals surface area contributed by atoms with Gasteiger partial charge in [-0.25, -0.2) is 9.13 Å². The number of phosphoric acid groups is 2. The number of phosphoric ester groups is 2. The minimum absolute atomic E-state index is 0. The van der Waals surface area contributed by atoms with Gasteiger partial charge < -0.3 is 44.0 Å². The van der Waals surface area contributed by atoms with Crippen molar-refractivity contribution in [1.82, 2.24) is 0 Å². The Morgan fingerprint density at radius 3 is 0.796 bits per heavy atom. The van der Waals surface area contributed by atoms with E-state index in [2.05, 4.69) is 33.7 Å². The van der Waals surface area contributed by atoms with E-state index in [1.165, 1.54) is 0 Å². The number of benzene rings is 16. The van der Waals surface area contributed by atoms with Crippen LogP contribution in [-0.2, 0) is 13.7 Å². The number of phenolic OH excluding ortho intramolecular Hbond substituents is 4. The highest BCUT2D eigenvalue weighted by molar-refractivity contribution is 8.24. The molecular weight excluding hydrogens is 1480 g/mol. The van der Waals surface area contributed by atoms with Crippen molar-refractivity contribution in [2.45, 2.75) is 0 Å². The summed E-state index contributed by atoms with van der Waals surface area (Å²) in [6, 6.07) is 98.4. The Kier molecular flexibility index (Phi) is 19.5. The van der Waals surface area contributed by atoms with Crippen molar-refractivity contribution in [2.24, 2.45) is 0 Å². The van der Waals surface area contributed by atoms with Crippen LogP contribution in [0.1, 0.15) is 0 Å². The third-order valence-corrected chi connectivity index (χ3v) is 20.6. The number of para-hydroxylation sites is 4. The van der Waals surface area contributed by atoms with Crippen molar-refractivity contribution in [3.8, 4) is 157 Å². The van der Waals surface area contributed by atoms with Gasteiger partial charge in [0.25, 0.3) is 0 Å². The maximum atomic E-state index is 14.1. The third-order valence-electron chi connectivity index (χ3n) is 19.0. The lowest BCUT2D eigenvalue weighted by Crippen LogP contribution is -2.02. The molecule has 2 atom stereocenters. The molecule has 16 aromatic rings. The zero-order chi connectivity index (χ0) is 73.9. The Morgan fingerprint density at radius 1 is 0.250 bits per heavy atom. The van der Waals surface area contributed by atoms with Gasteiger partial charge in [-0.1, -0.05) is 291 Å². The van der Waals surface area contributed by atoms with Crippen LogP contribution >= 0.6 is 54.6 Å². The third kappa shape index (κ3) is 13.8. The zero-order valence-electron chi connectivity index (χ0n) is 56.5. The van der Waals surface area contributed by atoms with Crippen molar-refractivity contribution in [1.29, 1.82) is 0 Å². The highest BCUT2D eigenvalue weighted by atomic mass is 36.0. The number of phenols is 4. The van der Waals surface area contributed by atoms with E-state index in [4.69, 9.17) is 18.1 Å². The van der Waals surface area contributed by atoms with E-state index in [0.29, 0.717) is 99.8 Å². The molecule has 0 radical (unpaired) electrons. The summed E-state index contributed by atoms with van der Waals surface area (Å²) >= 11 is 13.8. The topological polar surface area (TPSA) is 241 Å². The maximum absolute atomic E-state index is 14.1. The standard InChI is InChI=1S/C44H28O8P2.C44H30O4.Cl3OP.H2O/c45-53(46)49-41-33(27-13-3-1-4-14-27)21-11-23-35(41)37-25-29-17-7-9-19-31(29)39(43(37)51-53)40-32-20-10-8-18-30(32)26-38-36-24-12-22-34(28-15-5-2-6-16-28)42(36)50-54(47,48)52-44(38)40;45-41-33(27-13-3-1-4-14-27)21-11-23-35(41)37-25-29-17-7-9-19-31(29)39(43(37)47)40-32-20-10-8-18-30(32)26-38(44(40)48)36-24-12-22-34(42(36)46)28-15-5-2-6-16-28;1-5(2,3)4;/h1-26H,(H,45,46)(H,47,48);1-26,45-48H;;1H2. The summed E-state index contributed by atoms with van der Waals surface area (Å²) in [6.07, 6.45) is 0. The molecule has 20 heteroatoms. The Hall–Kier alpha value is -11.6. The first-order valence-electron chi connectivity index (χ1n) is 33.6. The van der Waals surface area contributed by atoms with Crippen molar-refractivity contribution in [3.63, 3.8) is 0 Å². The molecule has 532 valence electrons. The van der Waals surface area contributed by atoms with Gasteiger partial charge in [-0.3, -0.25) is 14.4 Å². The molecule has 0 aliphatic carbocycles. The van der Waals surface area contributed by atoms with E-state index in [-0.39, 0.29) is 51.5 Å². The first-order chi connectivity index (χ1) is 51.8. The lowest BCUT2D eigenvalue weighted by molar-refractivity contribution is 0.292. The molecule has 2 aliphatic rings. The van der Waals surface area contributed by atoms with Crippen LogP contribution in [0.25, 0.3) is 154 Å². The van der Waals surface area contributed by atoms with Gasteiger partial charge in [0, 0.05) is 89.0 Å². The van der Waals surface area contributed by atoms with Crippen LogP contribution in [0, 0.1) is 0 Å². The molecule has 8 N–H and O–H groups in total. The number of fused-ring (bicyclic) bond motifs is 10. The molecule has 18 rings (SSSR count). The van der Waals surface area contributed by atoms with Crippen LogP contribution < -0.4 is 18.1 Å². The second-order valence-electron chi connectivity index (χ2n) is 25.4. The summed E-state index contributed by atoms with van der Waals surface area (Å²) in [7, 11) is -9.71. The Labute approximate surface area is 633 Å². The molecule has 16 aromatic carbocycles. The predicted octanol–water partition coefficient (Wildman–Crippen LogP) is 25.2. The van der Waals surface area contributed by atoms with Gasteiger partial charge in [-0.2, -0.15) is 0 Å². The number of halogens is 3. The van der Waals surface area contributed by atoms with Crippen LogP contribution in [0.2, 0.25) is 0 Å². The predicted molar refractivity (Wildman–Crippen MR) is 435 cm³/mol. The molecule has 0 bridgehead atoms. The summed E-state index contributed by atoms with van der Waals surface area (Å²) in [5.41, 5.74) is 11.3. The second kappa shape index (κ2) is 29.3. The SMILES string of the molecule is O.O=P(Cl)(Cl)Cl.O=P1(O)Oc2c(-c3ccccc3)cccc2-c2cc3ccccc3c(-c3c4c(cc5ccccc35)-c3cccc(-c5ccccc5)c3OP(=O)(O)O4)c2O1.Oc1c(-c2ccccc2)cccc1-c1cc2ccccc2c(-c2c(O)c(-c3cccc(-c4ccccc4)c3O)cc3ccccc23)c1O. The van der Waals surface area contributed by atoms with Crippen molar-refractivity contribution in [3.05, 3.63) is 315 Å². The molecule has 0 fully saturated rings. The largest absolute Gasteiger partial charge is 0.584 e. The van der Waals surface area contributed by atoms with Gasteiger partial charge in [0.1, 0.15) is 46.0 Å². The summed E-state index contributed by atoms with van der Waals surface area (Å²) in [4.78, 5) is 23.0. The molecule has 14 nitrogen and oxygen atoms in total. The number of hydrogen-bond donors (Lipinski definition) is 6. The van der Waals surface area contributed by atoms with Crippen LogP contribution in [-0.4, -0.2) is 35.7 Å².